The number of carbonyl (C=O) groups is 2. The van der Waals surface area contributed by atoms with Crippen molar-refractivity contribution in [2.75, 3.05) is 13.1 Å². The largest absolute Gasteiger partial charge is 0.369 e. The van der Waals surface area contributed by atoms with Crippen molar-refractivity contribution in [1.82, 2.24) is 4.90 Å². The second-order valence-electron chi connectivity index (χ2n) is 6.30. The van der Waals surface area contributed by atoms with Crippen molar-refractivity contribution in [2.45, 2.75) is 12.8 Å². The summed E-state index contributed by atoms with van der Waals surface area (Å²) in [7, 11) is 0. The van der Waals surface area contributed by atoms with Gasteiger partial charge in [0.15, 0.2) is 0 Å². The van der Waals surface area contributed by atoms with Crippen LogP contribution in [0, 0.1) is 5.92 Å². The highest BCUT2D eigenvalue weighted by molar-refractivity contribution is 6.24. The molecule has 1 saturated heterocycles. The fourth-order valence-corrected chi connectivity index (χ4v) is 3.14. The molecule has 1 fully saturated rings. The molecule has 0 saturated carbocycles. The average Bonchev–Trinajstić information content (AvgIpc) is 2.67. The Hall–Kier alpha value is -2.88. The van der Waals surface area contributed by atoms with Crippen molar-refractivity contribution < 1.29 is 9.59 Å². The number of nitrogens with two attached hydrogens (primary N) is 1. The Kier molecular flexibility index (Phi) is 5.29. The molecule has 0 aromatic heterocycles. The maximum Gasteiger partial charge on any atom is 0.254 e. The van der Waals surface area contributed by atoms with Crippen LogP contribution < -0.4 is 5.73 Å². The minimum atomic E-state index is -0.268. The number of piperidine rings is 1. The zero-order chi connectivity index (χ0) is 17.6. The molecular formula is C21H22N2O2. The van der Waals surface area contributed by atoms with Crippen LogP contribution in [-0.4, -0.2) is 29.8 Å². The number of benzene rings is 2. The fraction of sp³-hybridized carbons (Fsp3) is 0.238. The molecule has 0 bridgehead atoms. The zero-order valence-corrected chi connectivity index (χ0v) is 14.1. The number of rotatable bonds is 4. The summed E-state index contributed by atoms with van der Waals surface area (Å²) in [5.41, 5.74) is 7.94. The Balaban J connectivity index is 1.86. The predicted octanol–water partition coefficient (Wildman–Crippen LogP) is 2.95. The molecule has 4 heteroatoms. The predicted molar refractivity (Wildman–Crippen MR) is 99.3 cm³/mol. The Morgan fingerprint density at radius 2 is 1.48 bits per heavy atom. The van der Waals surface area contributed by atoms with Crippen molar-refractivity contribution >= 4 is 23.5 Å². The number of nitrogens with zero attached hydrogens (tertiary/aromatic N) is 1. The van der Waals surface area contributed by atoms with Gasteiger partial charge < -0.3 is 10.6 Å². The Labute approximate surface area is 148 Å². The van der Waals surface area contributed by atoms with E-state index in [-0.39, 0.29) is 17.7 Å². The zero-order valence-electron chi connectivity index (χ0n) is 14.1. The van der Waals surface area contributed by atoms with Gasteiger partial charge in [-0.25, -0.2) is 0 Å². The van der Waals surface area contributed by atoms with E-state index in [0.717, 1.165) is 11.1 Å². The van der Waals surface area contributed by atoms with Crippen molar-refractivity contribution in [3.05, 3.63) is 71.8 Å². The Morgan fingerprint density at radius 1 is 0.920 bits per heavy atom. The highest BCUT2D eigenvalue weighted by atomic mass is 16.2. The van der Waals surface area contributed by atoms with Crippen LogP contribution in [0.15, 0.2) is 60.7 Å². The molecule has 4 nitrogen and oxygen atoms in total. The molecule has 25 heavy (non-hydrogen) atoms. The first-order valence-electron chi connectivity index (χ1n) is 8.56. The van der Waals surface area contributed by atoms with Crippen LogP contribution in [0.2, 0.25) is 0 Å². The van der Waals surface area contributed by atoms with Gasteiger partial charge in [-0.3, -0.25) is 9.59 Å². The van der Waals surface area contributed by atoms with Crippen molar-refractivity contribution in [2.24, 2.45) is 11.7 Å². The molecule has 3 rings (SSSR count). The molecule has 0 unspecified atom stereocenters. The third kappa shape index (κ3) is 4.15. The summed E-state index contributed by atoms with van der Waals surface area (Å²) in [6.45, 7) is 1.12. The van der Waals surface area contributed by atoms with E-state index in [9.17, 15) is 9.59 Å². The first-order chi connectivity index (χ1) is 12.1. The lowest BCUT2D eigenvalue weighted by Gasteiger charge is -2.31. The lowest BCUT2D eigenvalue weighted by Crippen LogP contribution is -2.42. The third-order valence-electron chi connectivity index (χ3n) is 4.61. The van der Waals surface area contributed by atoms with E-state index in [2.05, 4.69) is 0 Å². The lowest BCUT2D eigenvalue weighted by molar-refractivity contribution is -0.130. The van der Waals surface area contributed by atoms with E-state index >= 15 is 0 Å². The Bertz CT molecular complexity index is 761. The molecule has 2 aromatic rings. The summed E-state index contributed by atoms with van der Waals surface area (Å²) in [5, 5.41) is 0. The molecule has 0 spiro atoms. The highest BCUT2D eigenvalue weighted by Gasteiger charge is 2.27. The van der Waals surface area contributed by atoms with Gasteiger partial charge in [-0.15, -0.1) is 0 Å². The highest BCUT2D eigenvalue weighted by Crippen LogP contribution is 2.24. The van der Waals surface area contributed by atoms with Crippen LogP contribution in [0.3, 0.4) is 0 Å². The molecule has 0 aliphatic carbocycles. The quantitative estimate of drug-likeness (QED) is 0.690. The molecule has 1 aliphatic rings. The summed E-state index contributed by atoms with van der Waals surface area (Å²) in [4.78, 5) is 26.3. The maximum atomic E-state index is 13.1. The van der Waals surface area contributed by atoms with Gasteiger partial charge in [-0.2, -0.15) is 0 Å². The smallest absolute Gasteiger partial charge is 0.254 e. The maximum absolute atomic E-state index is 13.1. The van der Waals surface area contributed by atoms with Gasteiger partial charge in [-0.1, -0.05) is 60.7 Å². The first-order valence-corrected chi connectivity index (χ1v) is 8.56. The van der Waals surface area contributed by atoms with Crippen LogP contribution in [0.1, 0.15) is 24.0 Å². The normalized spacial score (nSPS) is 15.8. The van der Waals surface area contributed by atoms with Crippen LogP contribution >= 0.6 is 0 Å². The molecular weight excluding hydrogens is 312 g/mol. The van der Waals surface area contributed by atoms with Gasteiger partial charge in [0.05, 0.1) is 0 Å². The summed E-state index contributed by atoms with van der Waals surface area (Å²) in [6.07, 6.45) is 3.20. The van der Waals surface area contributed by atoms with Gasteiger partial charge in [-0.05, 0) is 30.0 Å². The van der Waals surface area contributed by atoms with E-state index in [1.807, 2.05) is 71.6 Å². The van der Waals surface area contributed by atoms with Gasteiger partial charge in [0, 0.05) is 24.6 Å². The monoisotopic (exact) mass is 334 g/mol. The minimum Gasteiger partial charge on any atom is -0.369 e. The number of hydrogen-bond acceptors (Lipinski definition) is 2. The molecule has 1 aliphatic heterocycles. The van der Waals surface area contributed by atoms with Gasteiger partial charge in [0.1, 0.15) is 0 Å². The molecule has 2 amide bonds. The molecule has 2 N–H and O–H groups in total. The lowest BCUT2D eigenvalue weighted by atomic mass is 9.94. The number of hydrogen-bond donors (Lipinski definition) is 1. The number of carbonyl (C=O) groups excluding carboxylic acids is 2. The summed E-state index contributed by atoms with van der Waals surface area (Å²) >= 11 is 0. The van der Waals surface area contributed by atoms with Crippen LogP contribution in [-0.2, 0) is 9.59 Å². The van der Waals surface area contributed by atoms with Crippen LogP contribution in [0.4, 0.5) is 0 Å². The number of likely N-dealkylation sites (tertiary alicyclic amines) is 1. The van der Waals surface area contributed by atoms with E-state index < -0.39 is 0 Å². The summed E-state index contributed by atoms with van der Waals surface area (Å²) < 4.78 is 0. The third-order valence-corrected chi connectivity index (χ3v) is 4.61. The van der Waals surface area contributed by atoms with Crippen LogP contribution in [0.5, 0.6) is 0 Å². The fourth-order valence-electron chi connectivity index (χ4n) is 3.14. The first kappa shape index (κ1) is 17.0. The average molecular weight is 334 g/mol. The number of primary amides is 1. The van der Waals surface area contributed by atoms with Gasteiger partial charge in [0.2, 0.25) is 5.91 Å². The van der Waals surface area contributed by atoms with E-state index in [1.165, 1.54) is 0 Å². The standard InChI is InChI=1S/C21H22N2O2/c22-20(24)18-11-13-23(14-12-18)21(25)19(17-9-5-2-6-10-17)15-16-7-3-1-4-8-16/h1-10,15,18H,11-14H2,(H2,22,24)/b19-15-. The van der Waals surface area contributed by atoms with E-state index in [0.29, 0.717) is 31.5 Å². The summed E-state index contributed by atoms with van der Waals surface area (Å²) in [5.74, 6) is -0.393. The SMILES string of the molecule is NC(=O)C1CCN(C(=O)/C(=C\c2ccccc2)c2ccccc2)CC1. The van der Waals surface area contributed by atoms with Crippen LogP contribution in [0.25, 0.3) is 11.6 Å². The molecule has 1 heterocycles. The van der Waals surface area contributed by atoms with Crippen molar-refractivity contribution in [3.63, 3.8) is 0 Å². The number of amides is 2. The topological polar surface area (TPSA) is 63.4 Å². The second-order valence-corrected chi connectivity index (χ2v) is 6.30. The summed E-state index contributed by atoms with van der Waals surface area (Å²) in [6, 6.07) is 19.5. The minimum absolute atomic E-state index is 0.00188. The molecule has 0 radical (unpaired) electrons. The van der Waals surface area contributed by atoms with Crippen molar-refractivity contribution in [1.29, 1.82) is 0 Å². The molecule has 0 atom stereocenters. The molecule has 128 valence electrons. The van der Waals surface area contributed by atoms with E-state index in [4.69, 9.17) is 5.73 Å². The second kappa shape index (κ2) is 7.79. The molecule has 2 aromatic carbocycles. The van der Waals surface area contributed by atoms with Gasteiger partial charge in [0.25, 0.3) is 5.91 Å². The van der Waals surface area contributed by atoms with Gasteiger partial charge >= 0.3 is 0 Å². The van der Waals surface area contributed by atoms with Crippen molar-refractivity contribution in [3.8, 4) is 0 Å². The Morgan fingerprint density at radius 3 is 2.04 bits per heavy atom. The van der Waals surface area contributed by atoms with E-state index in [1.54, 1.807) is 0 Å².